The average molecular weight is 356 g/mol. The van der Waals surface area contributed by atoms with Gasteiger partial charge < -0.3 is 5.32 Å². The summed E-state index contributed by atoms with van der Waals surface area (Å²) in [6.45, 7) is 2.72. The Bertz CT molecular complexity index is 802. The maximum atomic E-state index is 12.4. The van der Waals surface area contributed by atoms with Gasteiger partial charge >= 0.3 is 0 Å². The summed E-state index contributed by atoms with van der Waals surface area (Å²) in [4.78, 5) is 34.6. The van der Waals surface area contributed by atoms with Crippen LogP contribution in [0.15, 0.2) is 30.3 Å². The highest BCUT2D eigenvalue weighted by atomic mass is 16.6. The number of rotatable bonds is 10. The number of carbonyl (C=O) groups is 2. The number of nitrogens with one attached hydrogen (secondary N) is 1. The number of nitro groups is 1. The molecule has 138 valence electrons. The molecule has 0 radical (unpaired) electrons. The van der Waals surface area contributed by atoms with E-state index in [0.717, 1.165) is 19.3 Å². The number of hydrogen-bond donors (Lipinski definition) is 1. The molecule has 0 bridgehead atoms. The van der Waals surface area contributed by atoms with Crippen LogP contribution in [0, 0.1) is 10.1 Å². The van der Waals surface area contributed by atoms with Crippen molar-refractivity contribution in [2.45, 2.75) is 45.4 Å². The molecule has 0 atom stereocenters. The molecule has 0 spiro atoms. The number of hydrogen-bond acceptors (Lipinski definition) is 4. The highest BCUT2D eigenvalue weighted by molar-refractivity contribution is 6.11. The minimum Gasteiger partial charge on any atom is -0.352 e. The van der Waals surface area contributed by atoms with Crippen LogP contribution < -0.4 is 5.32 Å². The van der Waals surface area contributed by atoms with Crippen LogP contribution in [-0.2, 0) is 0 Å². The first-order valence-corrected chi connectivity index (χ1v) is 9.03. The molecule has 1 N–H and O–H groups in total. The molecule has 6 heteroatoms. The van der Waals surface area contributed by atoms with Gasteiger partial charge in [-0.2, -0.15) is 0 Å². The quantitative estimate of drug-likeness (QED) is 0.290. The van der Waals surface area contributed by atoms with Gasteiger partial charge in [-0.1, -0.05) is 51.2 Å². The number of aldehydes is 1. The summed E-state index contributed by atoms with van der Waals surface area (Å²) >= 11 is 0. The van der Waals surface area contributed by atoms with Crippen molar-refractivity contribution in [2.24, 2.45) is 0 Å². The second kappa shape index (κ2) is 9.65. The highest BCUT2D eigenvalue weighted by Crippen LogP contribution is 2.29. The Balaban J connectivity index is 2.10. The Kier molecular flexibility index (Phi) is 7.26. The predicted octanol–water partition coefficient (Wildman–Crippen LogP) is 4.65. The van der Waals surface area contributed by atoms with E-state index in [9.17, 15) is 19.7 Å². The summed E-state index contributed by atoms with van der Waals surface area (Å²) in [5.74, 6) is -0.325. The molecule has 26 heavy (non-hydrogen) atoms. The van der Waals surface area contributed by atoms with Crippen molar-refractivity contribution < 1.29 is 14.5 Å². The predicted molar refractivity (Wildman–Crippen MR) is 102 cm³/mol. The van der Waals surface area contributed by atoms with E-state index in [2.05, 4.69) is 12.2 Å². The Hall–Kier alpha value is -2.76. The minimum absolute atomic E-state index is 0.0790. The van der Waals surface area contributed by atoms with E-state index in [1.807, 2.05) is 0 Å². The molecule has 0 aliphatic carbocycles. The number of amides is 1. The summed E-state index contributed by atoms with van der Waals surface area (Å²) < 4.78 is 0. The third-order valence-electron chi connectivity index (χ3n) is 4.46. The first-order chi connectivity index (χ1) is 12.6. The van der Waals surface area contributed by atoms with E-state index in [0.29, 0.717) is 23.6 Å². The highest BCUT2D eigenvalue weighted by Gasteiger charge is 2.18. The van der Waals surface area contributed by atoms with Crippen molar-refractivity contribution in [1.29, 1.82) is 0 Å². The maximum absolute atomic E-state index is 12.4. The first-order valence-electron chi connectivity index (χ1n) is 9.03. The summed E-state index contributed by atoms with van der Waals surface area (Å²) in [6, 6.07) is 7.53. The summed E-state index contributed by atoms with van der Waals surface area (Å²) in [5, 5.41) is 14.7. The van der Waals surface area contributed by atoms with Crippen LogP contribution in [0.25, 0.3) is 10.8 Å². The zero-order valence-corrected chi connectivity index (χ0v) is 15.0. The van der Waals surface area contributed by atoms with Gasteiger partial charge in [0.15, 0.2) is 6.29 Å². The lowest BCUT2D eigenvalue weighted by molar-refractivity contribution is -0.383. The Morgan fingerprint density at radius 3 is 2.50 bits per heavy atom. The molecule has 2 rings (SSSR count). The SMILES string of the molecule is CCCCCCCCNC(=O)c1ccc2c([N+](=O)[O-])cccc2c1C=O. The number of nitrogens with zero attached hydrogens (tertiary/aromatic N) is 1. The van der Waals surface area contributed by atoms with Crippen LogP contribution >= 0.6 is 0 Å². The molecule has 0 saturated carbocycles. The topological polar surface area (TPSA) is 89.3 Å². The fourth-order valence-electron chi connectivity index (χ4n) is 3.05. The van der Waals surface area contributed by atoms with Gasteiger partial charge in [0.2, 0.25) is 0 Å². The van der Waals surface area contributed by atoms with Gasteiger partial charge in [-0.15, -0.1) is 0 Å². The lowest BCUT2D eigenvalue weighted by Gasteiger charge is -2.10. The van der Waals surface area contributed by atoms with Crippen molar-refractivity contribution in [1.82, 2.24) is 5.32 Å². The zero-order valence-electron chi connectivity index (χ0n) is 15.0. The fourth-order valence-corrected chi connectivity index (χ4v) is 3.05. The van der Waals surface area contributed by atoms with Gasteiger partial charge in [0.05, 0.1) is 15.9 Å². The monoisotopic (exact) mass is 356 g/mol. The summed E-state index contributed by atoms with van der Waals surface area (Å²) in [7, 11) is 0. The van der Waals surface area contributed by atoms with E-state index in [1.165, 1.54) is 43.5 Å². The number of unbranched alkanes of at least 4 members (excludes halogenated alkanes) is 5. The molecule has 0 aliphatic heterocycles. The van der Waals surface area contributed by atoms with E-state index in [1.54, 1.807) is 6.07 Å². The lowest BCUT2D eigenvalue weighted by atomic mass is 9.98. The third kappa shape index (κ3) is 4.65. The van der Waals surface area contributed by atoms with Crippen LogP contribution in [0.3, 0.4) is 0 Å². The molecule has 0 fully saturated rings. The van der Waals surface area contributed by atoms with Crippen LogP contribution in [0.5, 0.6) is 0 Å². The fraction of sp³-hybridized carbons (Fsp3) is 0.400. The molecule has 0 unspecified atom stereocenters. The smallest absolute Gasteiger partial charge is 0.277 e. The van der Waals surface area contributed by atoms with E-state index in [4.69, 9.17) is 0 Å². The number of non-ortho nitro benzene ring substituents is 1. The molecule has 0 heterocycles. The molecular weight excluding hydrogens is 332 g/mol. The van der Waals surface area contributed by atoms with Crippen molar-refractivity contribution in [3.8, 4) is 0 Å². The largest absolute Gasteiger partial charge is 0.352 e. The first kappa shape index (κ1) is 19.6. The van der Waals surface area contributed by atoms with Crippen molar-refractivity contribution >= 4 is 28.7 Å². The second-order valence-electron chi connectivity index (χ2n) is 6.30. The van der Waals surface area contributed by atoms with Gasteiger partial charge in [0.1, 0.15) is 0 Å². The number of fused-ring (bicyclic) bond motifs is 1. The van der Waals surface area contributed by atoms with Crippen molar-refractivity contribution in [3.05, 3.63) is 51.6 Å². The number of carbonyl (C=O) groups excluding carboxylic acids is 2. The summed E-state index contributed by atoms with van der Waals surface area (Å²) in [6.07, 6.45) is 7.34. The normalized spacial score (nSPS) is 10.7. The lowest BCUT2D eigenvalue weighted by Crippen LogP contribution is -2.25. The molecular formula is C20H24N2O4. The molecule has 6 nitrogen and oxygen atoms in total. The van der Waals surface area contributed by atoms with Crippen molar-refractivity contribution in [2.75, 3.05) is 6.54 Å². The van der Waals surface area contributed by atoms with Gasteiger partial charge in [-0.05, 0) is 23.9 Å². The van der Waals surface area contributed by atoms with E-state index < -0.39 is 4.92 Å². The number of nitro benzene ring substituents is 1. The van der Waals surface area contributed by atoms with Gasteiger partial charge in [-0.25, -0.2) is 0 Å². The van der Waals surface area contributed by atoms with Gasteiger partial charge in [-0.3, -0.25) is 19.7 Å². The molecule has 0 aromatic heterocycles. The van der Waals surface area contributed by atoms with E-state index in [-0.39, 0.29) is 22.7 Å². The molecule has 1 amide bonds. The Morgan fingerprint density at radius 1 is 1.08 bits per heavy atom. The van der Waals surface area contributed by atoms with Crippen molar-refractivity contribution in [3.63, 3.8) is 0 Å². The second-order valence-corrected chi connectivity index (χ2v) is 6.30. The van der Waals surface area contributed by atoms with Gasteiger partial charge in [0.25, 0.3) is 11.6 Å². The van der Waals surface area contributed by atoms with Crippen LogP contribution in [0.2, 0.25) is 0 Å². The Labute approximate surface area is 152 Å². The molecule has 2 aromatic rings. The molecule has 0 aliphatic rings. The van der Waals surface area contributed by atoms with E-state index >= 15 is 0 Å². The van der Waals surface area contributed by atoms with Gasteiger partial charge in [0, 0.05) is 18.2 Å². The van der Waals surface area contributed by atoms with Crippen LogP contribution in [0.4, 0.5) is 5.69 Å². The molecule has 2 aromatic carbocycles. The Morgan fingerprint density at radius 2 is 1.81 bits per heavy atom. The maximum Gasteiger partial charge on any atom is 0.277 e. The van der Waals surface area contributed by atoms with Crippen LogP contribution in [-0.4, -0.2) is 23.7 Å². The standard InChI is InChI=1S/C20H24N2O4/c1-2-3-4-5-6-7-13-21-20(24)17-12-11-16-15(18(17)14-23)9-8-10-19(16)22(25)26/h8-12,14H,2-7,13H2,1H3,(H,21,24). The number of benzene rings is 2. The minimum atomic E-state index is -0.491. The zero-order chi connectivity index (χ0) is 18.9. The average Bonchev–Trinajstić information content (AvgIpc) is 2.65. The molecule has 0 saturated heterocycles. The summed E-state index contributed by atoms with van der Waals surface area (Å²) in [5.41, 5.74) is 0.357. The van der Waals surface area contributed by atoms with Crippen LogP contribution in [0.1, 0.15) is 66.2 Å². The third-order valence-corrected chi connectivity index (χ3v) is 4.46.